The maximum atomic E-state index is 5.23. The molecule has 0 amide bonds. The molecule has 0 atom stereocenters. The number of hydrogen-bond acceptors (Lipinski definition) is 2. The van der Waals surface area contributed by atoms with Crippen LogP contribution in [0.1, 0.15) is 33.1 Å². The highest BCUT2D eigenvalue weighted by molar-refractivity contribution is 7.80. The lowest BCUT2D eigenvalue weighted by Gasteiger charge is -2.18. The molecule has 0 unspecified atom stereocenters. The van der Waals surface area contributed by atoms with E-state index in [2.05, 4.69) is 24.5 Å². The molecule has 1 saturated carbocycles. The molecule has 0 aromatic heterocycles. The van der Waals surface area contributed by atoms with Gasteiger partial charge >= 0.3 is 0 Å². The van der Waals surface area contributed by atoms with Crippen LogP contribution in [0.3, 0.4) is 0 Å². The maximum absolute atomic E-state index is 5.23. The molecule has 1 aliphatic rings. The molecule has 94 valence electrons. The topological polar surface area (TPSA) is 33.3 Å². The summed E-state index contributed by atoms with van der Waals surface area (Å²) in [6.45, 7) is 7.14. The van der Waals surface area contributed by atoms with E-state index in [1.165, 1.54) is 12.8 Å². The van der Waals surface area contributed by atoms with Crippen LogP contribution in [0, 0.1) is 11.3 Å². The molecule has 0 aliphatic heterocycles. The van der Waals surface area contributed by atoms with Gasteiger partial charge in [0.1, 0.15) is 0 Å². The van der Waals surface area contributed by atoms with E-state index in [-0.39, 0.29) is 0 Å². The number of thiocarbonyl (C=S) groups is 1. The molecule has 16 heavy (non-hydrogen) atoms. The van der Waals surface area contributed by atoms with Gasteiger partial charge in [-0.3, -0.25) is 0 Å². The van der Waals surface area contributed by atoms with Crippen LogP contribution in [0.5, 0.6) is 0 Å². The lowest BCUT2D eigenvalue weighted by atomic mass is 10.0. The number of rotatable bonds is 7. The summed E-state index contributed by atoms with van der Waals surface area (Å²) < 4.78 is 5.13. The summed E-state index contributed by atoms with van der Waals surface area (Å²) in [7, 11) is 1.76. The first kappa shape index (κ1) is 13.7. The van der Waals surface area contributed by atoms with Crippen LogP contribution in [-0.4, -0.2) is 31.9 Å². The van der Waals surface area contributed by atoms with Crippen molar-refractivity contribution in [3.05, 3.63) is 0 Å². The Kier molecular flexibility index (Phi) is 5.49. The van der Waals surface area contributed by atoms with E-state index in [4.69, 9.17) is 17.0 Å². The predicted octanol–water partition coefficient (Wildman–Crippen LogP) is 1.92. The Bertz CT molecular complexity index is 227. The summed E-state index contributed by atoms with van der Waals surface area (Å²) in [5, 5.41) is 7.33. The van der Waals surface area contributed by atoms with Crippen LogP contribution >= 0.6 is 12.2 Å². The summed E-state index contributed by atoms with van der Waals surface area (Å²) in [4.78, 5) is 0. The Morgan fingerprint density at radius 2 is 2.06 bits per heavy atom. The molecule has 1 aliphatic carbocycles. The van der Waals surface area contributed by atoms with Crippen LogP contribution in [-0.2, 0) is 4.74 Å². The summed E-state index contributed by atoms with van der Waals surface area (Å²) >= 11 is 5.23. The Morgan fingerprint density at radius 1 is 1.38 bits per heavy atom. The van der Waals surface area contributed by atoms with E-state index in [1.54, 1.807) is 7.11 Å². The number of ether oxygens (including phenoxy) is 1. The molecular weight excluding hydrogens is 220 g/mol. The predicted molar refractivity (Wildman–Crippen MR) is 71.6 cm³/mol. The molecule has 1 fully saturated rings. The molecule has 2 N–H and O–H groups in total. The standard InChI is InChI=1S/C12H24N2OS/c1-10(2)8-13-11(16)14-9-12(4-5-12)6-7-15-3/h10H,4-9H2,1-3H3,(H2,13,14,16). The Balaban J connectivity index is 2.11. The highest BCUT2D eigenvalue weighted by atomic mass is 32.1. The molecule has 0 heterocycles. The third-order valence-electron chi connectivity index (χ3n) is 3.09. The summed E-state index contributed by atoms with van der Waals surface area (Å²) in [6.07, 6.45) is 3.75. The third kappa shape index (κ3) is 5.12. The summed E-state index contributed by atoms with van der Waals surface area (Å²) in [5.74, 6) is 0.628. The lowest BCUT2D eigenvalue weighted by Crippen LogP contribution is -2.40. The highest BCUT2D eigenvalue weighted by Gasteiger charge is 2.41. The van der Waals surface area contributed by atoms with Gasteiger partial charge in [-0.1, -0.05) is 13.8 Å². The second kappa shape index (κ2) is 6.40. The fraction of sp³-hybridized carbons (Fsp3) is 0.917. The molecule has 0 aromatic rings. The fourth-order valence-corrected chi connectivity index (χ4v) is 1.79. The van der Waals surface area contributed by atoms with Crippen LogP contribution < -0.4 is 10.6 Å². The molecule has 4 heteroatoms. The number of nitrogens with one attached hydrogen (secondary N) is 2. The first-order valence-corrected chi connectivity index (χ1v) is 6.49. The molecule has 3 nitrogen and oxygen atoms in total. The highest BCUT2D eigenvalue weighted by Crippen LogP contribution is 2.48. The molecular formula is C12H24N2OS. The van der Waals surface area contributed by atoms with E-state index < -0.39 is 0 Å². The molecule has 1 rings (SSSR count). The smallest absolute Gasteiger partial charge is 0.166 e. The van der Waals surface area contributed by atoms with Crippen molar-refractivity contribution in [2.24, 2.45) is 11.3 Å². The van der Waals surface area contributed by atoms with Gasteiger partial charge < -0.3 is 15.4 Å². The minimum atomic E-state index is 0.458. The second-order valence-corrected chi connectivity index (χ2v) is 5.61. The lowest BCUT2D eigenvalue weighted by molar-refractivity contribution is 0.172. The zero-order chi connectivity index (χ0) is 12.0. The van der Waals surface area contributed by atoms with Crippen LogP contribution in [0.2, 0.25) is 0 Å². The van der Waals surface area contributed by atoms with Gasteiger partial charge in [-0.2, -0.15) is 0 Å². The van der Waals surface area contributed by atoms with E-state index in [9.17, 15) is 0 Å². The van der Waals surface area contributed by atoms with Gasteiger partial charge in [0.15, 0.2) is 5.11 Å². The van der Waals surface area contributed by atoms with Crippen LogP contribution in [0.4, 0.5) is 0 Å². The normalized spacial score (nSPS) is 17.2. The van der Waals surface area contributed by atoms with Crippen molar-refractivity contribution >= 4 is 17.3 Å². The molecule has 0 saturated heterocycles. The van der Waals surface area contributed by atoms with Crippen molar-refractivity contribution in [1.82, 2.24) is 10.6 Å². The Hall–Kier alpha value is -0.350. The summed E-state index contributed by atoms with van der Waals surface area (Å²) in [5.41, 5.74) is 0.458. The fourth-order valence-electron chi connectivity index (χ4n) is 1.64. The SMILES string of the molecule is COCCC1(CNC(=S)NCC(C)C)CC1. The van der Waals surface area contributed by atoms with Gasteiger partial charge in [-0.25, -0.2) is 0 Å². The van der Waals surface area contributed by atoms with Gasteiger partial charge in [0, 0.05) is 26.8 Å². The minimum Gasteiger partial charge on any atom is -0.385 e. The van der Waals surface area contributed by atoms with E-state index in [0.29, 0.717) is 11.3 Å². The van der Waals surface area contributed by atoms with Gasteiger partial charge in [-0.15, -0.1) is 0 Å². The summed E-state index contributed by atoms with van der Waals surface area (Å²) in [6, 6.07) is 0. The molecule has 0 aromatic carbocycles. The van der Waals surface area contributed by atoms with Gasteiger partial charge in [0.2, 0.25) is 0 Å². The third-order valence-corrected chi connectivity index (χ3v) is 3.38. The van der Waals surface area contributed by atoms with Crippen molar-refractivity contribution < 1.29 is 4.74 Å². The van der Waals surface area contributed by atoms with Gasteiger partial charge in [0.05, 0.1) is 0 Å². The van der Waals surface area contributed by atoms with Crippen LogP contribution in [0.15, 0.2) is 0 Å². The number of methoxy groups -OCH3 is 1. The monoisotopic (exact) mass is 244 g/mol. The van der Waals surface area contributed by atoms with Crippen LogP contribution in [0.25, 0.3) is 0 Å². The minimum absolute atomic E-state index is 0.458. The molecule has 0 bridgehead atoms. The second-order valence-electron chi connectivity index (χ2n) is 5.20. The Morgan fingerprint density at radius 3 is 2.56 bits per heavy atom. The maximum Gasteiger partial charge on any atom is 0.166 e. The van der Waals surface area contributed by atoms with Gasteiger partial charge in [0.25, 0.3) is 0 Å². The van der Waals surface area contributed by atoms with Crippen molar-refractivity contribution in [1.29, 1.82) is 0 Å². The van der Waals surface area contributed by atoms with Crippen molar-refractivity contribution in [2.75, 3.05) is 26.8 Å². The number of hydrogen-bond donors (Lipinski definition) is 2. The average Bonchev–Trinajstić information content (AvgIpc) is 3.01. The zero-order valence-corrected chi connectivity index (χ0v) is 11.5. The first-order valence-electron chi connectivity index (χ1n) is 6.09. The van der Waals surface area contributed by atoms with E-state index in [1.807, 2.05) is 0 Å². The van der Waals surface area contributed by atoms with Crippen molar-refractivity contribution in [3.8, 4) is 0 Å². The van der Waals surface area contributed by atoms with Crippen molar-refractivity contribution in [3.63, 3.8) is 0 Å². The molecule has 0 spiro atoms. The largest absolute Gasteiger partial charge is 0.385 e. The zero-order valence-electron chi connectivity index (χ0n) is 10.6. The Labute approximate surface area is 104 Å². The van der Waals surface area contributed by atoms with Crippen molar-refractivity contribution in [2.45, 2.75) is 33.1 Å². The van der Waals surface area contributed by atoms with E-state index in [0.717, 1.165) is 31.2 Å². The van der Waals surface area contributed by atoms with Gasteiger partial charge in [-0.05, 0) is 42.8 Å². The average molecular weight is 244 g/mol. The van der Waals surface area contributed by atoms with E-state index >= 15 is 0 Å². The first-order chi connectivity index (χ1) is 7.58. The molecule has 0 radical (unpaired) electrons. The quantitative estimate of drug-likeness (QED) is 0.670.